The fraction of sp³-hybridized carbons (Fsp3) is 0.208. The number of rotatable bonds is 6. The normalized spacial score (nSPS) is 13.5. The number of nitrogens with one attached hydrogen (secondary N) is 1. The lowest BCUT2D eigenvalue weighted by molar-refractivity contribution is -0.139. The second kappa shape index (κ2) is 8.58. The van der Waals surface area contributed by atoms with E-state index in [1.807, 2.05) is 30.3 Å². The molecule has 1 aliphatic rings. The third-order valence-electron chi connectivity index (χ3n) is 5.43. The number of Topliss-reactive ketones (excluding diaryl/α,β-unsaturated/α-hetero) is 1. The zero-order valence-electron chi connectivity index (χ0n) is 17.8. The van der Waals surface area contributed by atoms with Crippen LogP contribution < -0.4 is 5.32 Å². The standard InChI is InChI=1S/C24H22N4O4/c1-15-22(16(2)28(26-15)19-6-4-3-5-7-19)23(31)24(32)25-18-10-8-17(9-11-18)14-27-20(29)12-13-21(27)30/h3-11H,12-14H2,1-2H3,(H,25,32). The van der Waals surface area contributed by atoms with Crippen molar-refractivity contribution in [1.29, 1.82) is 0 Å². The number of hydrogen-bond donors (Lipinski definition) is 1. The van der Waals surface area contributed by atoms with Crippen LogP contribution in [0.15, 0.2) is 54.6 Å². The van der Waals surface area contributed by atoms with E-state index in [-0.39, 0.29) is 36.8 Å². The minimum atomic E-state index is -0.763. The summed E-state index contributed by atoms with van der Waals surface area (Å²) in [6, 6.07) is 16.1. The van der Waals surface area contributed by atoms with Crippen LogP contribution in [0.5, 0.6) is 0 Å². The molecule has 0 spiro atoms. The van der Waals surface area contributed by atoms with E-state index < -0.39 is 11.7 Å². The molecule has 0 saturated carbocycles. The first-order chi connectivity index (χ1) is 15.3. The number of imide groups is 1. The monoisotopic (exact) mass is 430 g/mol. The van der Waals surface area contributed by atoms with Gasteiger partial charge in [-0.2, -0.15) is 5.10 Å². The molecule has 1 aromatic heterocycles. The van der Waals surface area contributed by atoms with Crippen LogP contribution in [-0.2, 0) is 20.9 Å². The molecule has 8 nitrogen and oxygen atoms in total. The van der Waals surface area contributed by atoms with Crippen LogP contribution in [0.1, 0.15) is 40.2 Å². The number of benzene rings is 2. The Kier molecular flexibility index (Phi) is 5.68. The molecule has 1 aliphatic heterocycles. The molecule has 2 heterocycles. The average molecular weight is 430 g/mol. The summed E-state index contributed by atoms with van der Waals surface area (Å²) in [5.41, 5.74) is 3.34. The van der Waals surface area contributed by atoms with Crippen molar-refractivity contribution in [3.63, 3.8) is 0 Å². The Morgan fingerprint density at radius 3 is 2.19 bits per heavy atom. The number of hydrogen-bond acceptors (Lipinski definition) is 5. The first-order valence-corrected chi connectivity index (χ1v) is 10.2. The Labute approximate surface area is 184 Å². The van der Waals surface area contributed by atoms with Crippen LogP contribution in [-0.4, -0.2) is 38.2 Å². The number of nitrogens with zero attached hydrogens (tertiary/aromatic N) is 3. The van der Waals surface area contributed by atoms with Crippen molar-refractivity contribution in [1.82, 2.24) is 14.7 Å². The van der Waals surface area contributed by atoms with E-state index in [4.69, 9.17) is 0 Å². The maximum Gasteiger partial charge on any atom is 0.296 e. The molecule has 3 aromatic rings. The molecular weight excluding hydrogens is 408 g/mol. The summed E-state index contributed by atoms with van der Waals surface area (Å²) >= 11 is 0. The third kappa shape index (κ3) is 4.07. The van der Waals surface area contributed by atoms with Crippen molar-refractivity contribution in [2.24, 2.45) is 0 Å². The van der Waals surface area contributed by atoms with E-state index >= 15 is 0 Å². The number of aryl methyl sites for hydroxylation is 1. The van der Waals surface area contributed by atoms with Gasteiger partial charge in [-0.3, -0.25) is 24.1 Å². The molecule has 0 unspecified atom stereocenters. The summed E-state index contributed by atoms with van der Waals surface area (Å²) in [6.45, 7) is 3.65. The molecular formula is C24H22N4O4. The minimum absolute atomic E-state index is 0.181. The van der Waals surface area contributed by atoms with E-state index in [0.29, 0.717) is 17.1 Å². The molecule has 162 valence electrons. The maximum absolute atomic E-state index is 12.9. The zero-order valence-corrected chi connectivity index (χ0v) is 17.8. The van der Waals surface area contributed by atoms with Gasteiger partial charge >= 0.3 is 0 Å². The van der Waals surface area contributed by atoms with E-state index in [1.165, 1.54) is 4.90 Å². The minimum Gasteiger partial charge on any atom is -0.319 e. The predicted molar refractivity (Wildman–Crippen MR) is 117 cm³/mol. The largest absolute Gasteiger partial charge is 0.319 e. The number of ketones is 1. The lowest BCUT2D eigenvalue weighted by Crippen LogP contribution is -2.28. The predicted octanol–water partition coefficient (Wildman–Crippen LogP) is 2.96. The molecule has 0 radical (unpaired) electrons. The third-order valence-corrected chi connectivity index (χ3v) is 5.43. The Morgan fingerprint density at radius 2 is 1.56 bits per heavy atom. The van der Waals surface area contributed by atoms with Crippen LogP contribution in [0.2, 0.25) is 0 Å². The van der Waals surface area contributed by atoms with Crippen molar-refractivity contribution in [2.45, 2.75) is 33.2 Å². The van der Waals surface area contributed by atoms with Gasteiger partial charge in [0.1, 0.15) is 0 Å². The highest BCUT2D eigenvalue weighted by Gasteiger charge is 2.29. The van der Waals surface area contributed by atoms with Gasteiger partial charge in [0.05, 0.1) is 29.2 Å². The van der Waals surface area contributed by atoms with Crippen LogP contribution in [0.4, 0.5) is 5.69 Å². The molecule has 32 heavy (non-hydrogen) atoms. The van der Waals surface area contributed by atoms with Crippen LogP contribution in [0, 0.1) is 13.8 Å². The van der Waals surface area contributed by atoms with Gasteiger partial charge < -0.3 is 5.32 Å². The van der Waals surface area contributed by atoms with Gasteiger partial charge in [0.15, 0.2) is 0 Å². The number of amides is 3. The smallest absolute Gasteiger partial charge is 0.296 e. The SMILES string of the molecule is Cc1nn(-c2ccccc2)c(C)c1C(=O)C(=O)Nc1ccc(CN2C(=O)CCC2=O)cc1. The molecule has 2 aromatic carbocycles. The van der Waals surface area contributed by atoms with Gasteiger partial charge in [-0.05, 0) is 43.7 Å². The first kappa shape index (κ1) is 21.2. The summed E-state index contributed by atoms with van der Waals surface area (Å²) in [5.74, 6) is -1.79. The quantitative estimate of drug-likeness (QED) is 0.368. The van der Waals surface area contributed by atoms with Crippen molar-refractivity contribution in [2.75, 3.05) is 5.32 Å². The highest BCUT2D eigenvalue weighted by atomic mass is 16.2. The van der Waals surface area contributed by atoms with Gasteiger partial charge in [0.25, 0.3) is 11.7 Å². The molecule has 1 saturated heterocycles. The molecule has 0 bridgehead atoms. The topological polar surface area (TPSA) is 101 Å². The van der Waals surface area contributed by atoms with E-state index in [9.17, 15) is 19.2 Å². The summed E-state index contributed by atoms with van der Waals surface area (Å²) in [7, 11) is 0. The van der Waals surface area contributed by atoms with Crippen LogP contribution in [0.25, 0.3) is 5.69 Å². The summed E-state index contributed by atoms with van der Waals surface area (Å²) in [5, 5.41) is 7.03. The fourth-order valence-corrected chi connectivity index (χ4v) is 3.77. The summed E-state index contributed by atoms with van der Waals surface area (Å²) < 4.78 is 1.64. The van der Waals surface area contributed by atoms with Crippen LogP contribution in [0.3, 0.4) is 0 Å². The highest BCUT2D eigenvalue weighted by molar-refractivity contribution is 6.47. The molecule has 1 fully saturated rings. The second-order valence-electron chi connectivity index (χ2n) is 7.65. The van der Waals surface area contributed by atoms with E-state index in [0.717, 1.165) is 11.3 Å². The summed E-state index contributed by atoms with van der Waals surface area (Å²) in [4.78, 5) is 50.2. The molecule has 8 heteroatoms. The van der Waals surface area contributed by atoms with Crippen molar-refractivity contribution in [3.8, 4) is 5.69 Å². The Morgan fingerprint density at radius 1 is 0.938 bits per heavy atom. The number of aromatic nitrogens is 2. The van der Waals surface area contributed by atoms with Gasteiger partial charge in [-0.1, -0.05) is 30.3 Å². The van der Waals surface area contributed by atoms with Gasteiger partial charge in [0, 0.05) is 18.5 Å². The second-order valence-corrected chi connectivity index (χ2v) is 7.65. The number of para-hydroxylation sites is 1. The van der Waals surface area contributed by atoms with Crippen molar-refractivity contribution < 1.29 is 19.2 Å². The molecule has 1 N–H and O–H groups in total. The van der Waals surface area contributed by atoms with E-state index in [1.54, 1.807) is 42.8 Å². The number of carbonyl (C=O) groups is 4. The zero-order chi connectivity index (χ0) is 22.8. The number of anilines is 1. The lowest BCUT2D eigenvalue weighted by Gasteiger charge is -2.14. The van der Waals surface area contributed by atoms with Gasteiger partial charge in [0.2, 0.25) is 11.8 Å². The van der Waals surface area contributed by atoms with Gasteiger partial charge in [-0.25, -0.2) is 4.68 Å². The fourth-order valence-electron chi connectivity index (χ4n) is 3.77. The van der Waals surface area contributed by atoms with E-state index in [2.05, 4.69) is 10.4 Å². The first-order valence-electron chi connectivity index (χ1n) is 10.2. The lowest BCUT2D eigenvalue weighted by atomic mass is 10.1. The Hall–Kier alpha value is -4.07. The maximum atomic E-state index is 12.9. The molecule has 0 atom stereocenters. The Balaban J connectivity index is 1.46. The summed E-state index contributed by atoms with van der Waals surface area (Å²) in [6.07, 6.45) is 0.490. The molecule has 3 amide bonds. The average Bonchev–Trinajstić information content (AvgIpc) is 3.27. The molecule has 0 aliphatic carbocycles. The Bertz CT molecular complexity index is 1200. The molecule has 4 rings (SSSR count). The van der Waals surface area contributed by atoms with Crippen molar-refractivity contribution in [3.05, 3.63) is 77.1 Å². The number of carbonyl (C=O) groups excluding carboxylic acids is 4. The van der Waals surface area contributed by atoms with Crippen molar-refractivity contribution >= 4 is 29.2 Å². The van der Waals surface area contributed by atoms with Crippen LogP contribution >= 0.6 is 0 Å². The van der Waals surface area contributed by atoms with Gasteiger partial charge in [-0.15, -0.1) is 0 Å². The number of likely N-dealkylation sites (tertiary alicyclic amines) is 1. The highest BCUT2D eigenvalue weighted by Crippen LogP contribution is 2.20.